The van der Waals surface area contributed by atoms with Crippen LogP contribution >= 0.6 is 23.2 Å². The normalized spacial score (nSPS) is 12.8. The van der Waals surface area contributed by atoms with Crippen molar-refractivity contribution in [3.8, 4) is 0 Å². The molecule has 0 amide bonds. The van der Waals surface area contributed by atoms with Gasteiger partial charge in [-0.15, -0.1) is 0 Å². The lowest BCUT2D eigenvalue weighted by atomic mass is 9.90. The molecule has 90 valence electrons. The Morgan fingerprint density at radius 3 is 2.31 bits per heavy atom. The maximum atomic E-state index is 6.06. The van der Waals surface area contributed by atoms with Crippen LogP contribution in [0.2, 0.25) is 10.0 Å². The number of rotatable bonds is 6. The van der Waals surface area contributed by atoms with Gasteiger partial charge in [0.05, 0.1) is 10.0 Å². The van der Waals surface area contributed by atoms with Crippen LogP contribution < -0.4 is 0 Å². The predicted molar refractivity (Wildman–Crippen MR) is 73.6 cm³/mol. The molecule has 2 heteroatoms. The molecule has 0 aliphatic rings. The number of unbranched alkanes of at least 4 members (excludes halogenated alkanes) is 1. The second-order valence-corrected chi connectivity index (χ2v) is 5.12. The highest BCUT2D eigenvalue weighted by Gasteiger charge is 2.11. The maximum absolute atomic E-state index is 6.06. The van der Waals surface area contributed by atoms with Gasteiger partial charge in [0.1, 0.15) is 0 Å². The van der Waals surface area contributed by atoms with Crippen LogP contribution in [0.4, 0.5) is 0 Å². The third kappa shape index (κ3) is 3.99. The summed E-state index contributed by atoms with van der Waals surface area (Å²) < 4.78 is 0. The molecule has 1 aromatic rings. The first-order chi connectivity index (χ1) is 7.69. The van der Waals surface area contributed by atoms with Gasteiger partial charge in [0.15, 0.2) is 0 Å². The van der Waals surface area contributed by atoms with Crippen LogP contribution in [0.25, 0.3) is 0 Å². The van der Waals surface area contributed by atoms with Gasteiger partial charge in [-0.2, -0.15) is 0 Å². The lowest BCUT2D eigenvalue weighted by Gasteiger charge is -2.16. The van der Waals surface area contributed by atoms with E-state index in [1.807, 2.05) is 12.1 Å². The molecule has 0 heterocycles. The Bertz CT molecular complexity index is 321. The van der Waals surface area contributed by atoms with E-state index in [4.69, 9.17) is 23.2 Å². The molecule has 0 saturated carbocycles. The summed E-state index contributed by atoms with van der Waals surface area (Å²) in [5.74, 6) is 0.639. The lowest BCUT2D eigenvalue weighted by molar-refractivity contribution is 0.541. The molecule has 1 rings (SSSR count). The Kier molecular flexibility index (Phi) is 6.23. The zero-order chi connectivity index (χ0) is 12.0. The first-order valence-corrected chi connectivity index (χ1v) is 6.89. The molecule has 0 nitrogen and oxygen atoms in total. The van der Waals surface area contributed by atoms with E-state index in [2.05, 4.69) is 19.9 Å². The predicted octanol–water partition coefficient (Wildman–Crippen LogP) is 6.07. The smallest absolute Gasteiger partial charge is 0.0595 e. The van der Waals surface area contributed by atoms with Gasteiger partial charge in [0.2, 0.25) is 0 Å². The van der Waals surface area contributed by atoms with Gasteiger partial charge in [0, 0.05) is 0 Å². The average Bonchev–Trinajstić information content (AvgIpc) is 2.28. The maximum Gasteiger partial charge on any atom is 0.0595 e. The van der Waals surface area contributed by atoms with E-state index in [1.54, 1.807) is 0 Å². The summed E-state index contributed by atoms with van der Waals surface area (Å²) in [6.07, 6.45) is 6.24. The first-order valence-electron chi connectivity index (χ1n) is 6.14. The van der Waals surface area contributed by atoms with E-state index in [0.717, 1.165) is 0 Å². The molecule has 0 bridgehead atoms. The molecule has 0 aromatic heterocycles. The van der Waals surface area contributed by atoms with E-state index in [-0.39, 0.29) is 0 Å². The van der Waals surface area contributed by atoms with Crippen molar-refractivity contribution in [1.82, 2.24) is 0 Å². The highest BCUT2D eigenvalue weighted by atomic mass is 35.5. The second-order valence-electron chi connectivity index (χ2n) is 4.30. The lowest BCUT2D eigenvalue weighted by Crippen LogP contribution is -1.98. The summed E-state index contributed by atoms with van der Waals surface area (Å²) in [5, 5.41) is 1.33. The highest BCUT2D eigenvalue weighted by Crippen LogP contribution is 2.31. The third-order valence-electron chi connectivity index (χ3n) is 2.96. The van der Waals surface area contributed by atoms with Crippen LogP contribution in [0, 0.1) is 0 Å². The van der Waals surface area contributed by atoms with Crippen molar-refractivity contribution in [3.63, 3.8) is 0 Å². The van der Waals surface area contributed by atoms with Crippen LogP contribution in [0.1, 0.15) is 57.4 Å². The molecule has 0 spiro atoms. The summed E-state index contributed by atoms with van der Waals surface area (Å²) in [6, 6.07) is 6.05. The Balaban J connectivity index is 2.78. The summed E-state index contributed by atoms with van der Waals surface area (Å²) in [6.45, 7) is 4.47. The van der Waals surface area contributed by atoms with Crippen molar-refractivity contribution in [2.75, 3.05) is 0 Å². The van der Waals surface area contributed by atoms with E-state index in [9.17, 15) is 0 Å². The Hall–Kier alpha value is -0.200. The molecule has 1 aromatic carbocycles. The van der Waals surface area contributed by atoms with Gasteiger partial charge in [-0.25, -0.2) is 0 Å². The third-order valence-corrected chi connectivity index (χ3v) is 3.70. The summed E-state index contributed by atoms with van der Waals surface area (Å²) in [4.78, 5) is 0. The monoisotopic (exact) mass is 258 g/mol. The van der Waals surface area contributed by atoms with Crippen molar-refractivity contribution in [1.29, 1.82) is 0 Å². The zero-order valence-corrected chi connectivity index (χ0v) is 11.6. The molecule has 1 unspecified atom stereocenters. The van der Waals surface area contributed by atoms with Gasteiger partial charge in [-0.3, -0.25) is 0 Å². The van der Waals surface area contributed by atoms with Crippen molar-refractivity contribution in [2.24, 2.45) is 0 Å². The quantitative estimate of drug-likeness (QED) is 0.581. The number of benzene rings is 1. The Labute approximate surface area is 109 Å². The zero-order valence-electron chi connectivity index (χ0n) is 10.1. The van der Waals surface area contributed by atoms with E-state index in [0.29, 0.717) is 16.0 Å². The fourth-order valence-corrected chi connectivity index (χ4v) is 2.35. The Morgan fingerprint density at radius 2 is 1.75 bits per heavy atom. The molecule has 0 radical (unpaired) electrons. The largest absolute Gasteiger partial charge is 0.0827 e. The fourth-order valence-electron chi connectivity index (χ4n) is 2.04. The number of hydrogen-bond donors (Lipinski definition) is 0. The van der Waals surface area contributed by atoms with Crippen molar-refractivity contribution < 1.29 is 0 Å². The van der Waals surface area contributed by atoms with E-state index >= 15 is 0 Å². The topological polar surface area (TPSA) is 0 Å². The average molecular weight is 259 g/mol. The van der Waals surface area contributed by atoms with Crippen LogP contribution in [0.3, 0.4) is 0 Å². The molecule has 0 aliphatic heterocycles. The summed E-state index contributed by atoms with van der Waals surface area (Å²) >= 11 is 12.0. The Morgan fingerprint density at radius 1 is 1.00 bits per heavy atom. The number of hydrogen-bond acceptors (Lipinski definition) is 0. The summed E-state index contributed by atoms with van der Waals surface area (Å²) in [7, 11) is 0. The SMILES string of the molecule is CCCCC(CCC)c1ccc(Cl)c(Cl)c1. The van der Waals surface area contributed by atoms with Gasteiger partial charge in [0.25, 0.3) is 0 Å². The van der Waals surface area contributed by atoms with Crippen LogP contribution in [0.5, 0.6) is 0 Å². The molecule has 0 fully saturated rings. The van der Waals surface area contributed by atoms with Gasteiger partial charge >= 0.3 is 0 Å². The van der Waals surface area contributed by atoms with Crippen molar-refractivity contribution in [2.45, 2.75) is 51.9 Å². The minimum Gasteiger partial charge on any atom is -0.0827 e. The minimum atomic E-state index is 0.639. The minimum absolute atomic E-state index is 0.639. The molecule has 1 atom stereocenters. The second kappa shape index (κ2) is 7.19. The molecular formula is C14H20Cl2. The highest BCUT2D eigenvalue weighted by molar-refractivity contribution is 6.42. The van der Waals surface area contributed by atoms with Crippen LogP contribution in [0.15, 0.2) is 18.2 Å². The fraction of sp³-hybridized carbons (Fsp3) is 0.571. The molecule has 0 N–H and O–H groups in total. The molecule has 0 saturated heterocycles. The number of halogens is 2. The van der Waals surface area contributed by atoms with Gasteiger partial charge < -0.3 is 0 Å². The van der Waals surface area contributed by atoms with Gasteiger partial charge in [-0.05, 0) is 36.5 Å². The molecule has 0 aliphatic carbocycles. The molecule has 16 heavy (non-hydrogen) atoms. The van der Waals surface area contributed by atoms with Crippen molar-refractivity contribution in [3.05, 3.63) is 33.8 Å². The molecular weight excluding hydrogens is 239 g/mol. The summed E-state index contributed by atoms with van der Waals surface area (Å²) in [5.41, 5.74) is 1.34. The van der Waals surface area contributed by atoms with E-state index < -0.39 is 0 Å². The first kappa shape index (κ1) is 13.9. The van der Waals surface area contributed by atoms with Crippen molar-refractivity contribution >= 4 is 23.2 Å². The van der Waals surface area contributed by atoms with Crippen LogP contribution in [-0.4, -0.2) is 0 Å². The standard InChI is InChI=1S/C14H20Cl2/c1-3-5-7-11(6-4-2)12-8-9-13(15)14(16)10-12/h8-11H,3-7H2,1-2H3. The van der Waals surface area contributed by atoms with E-state index in [1.165, 1.54) is 37.7 Å². The van der Waals surface area contributed by atoms with Gasteiger partial charge in [-0.1, -0.05) is 62.4 Å². The van der Waals surface area contributed by atoms with Crippen LogP contribution in [-0.2, 0) is 0 Å².